The summed E-state index contributed by atoms with van der Waals surface area (Å²) in [6.45, 7) is 0. The fraction of sp³-hybridized carbons (Fsp3) is 0.176. The van der Waals surface area contributed by atoms with E-state index in [1.54, 1.807) is 0 Å². The van der Waals surface area contributed by atoms with Crippen LogP contribution in [-0.4, -0.2) is 21.0 Å². The first-order valence-corrected chi connectivity index (χ1v) is 10.1. The molecule has 2 aromatic rings. The number of rotatable bonds is 5. The van der Waals surface area contributed by atoms with Crippen LogP contribution in [0.1, 0.15) is 5.56 Å². The fourth-order valence-corrected chi connectivity index (χ4v) is 3.12. The topological polar surface area (TPSA) is 53.2 Å². The van der Waals surface area contributed by atoms with Crippen LogP contribution in [0.5, 0.6) is 0 Å². The Morgan fingerprint density at radius 2 is 1.65 bits per heavy atom. The lowest BCUT2D eigenvalue weighted by atomic mass is 10.1. The molecule has 138 valence electrons. The van der Waals surface area contributed by atoms with Crippen LogP contribution in [0.2, 0.25) is 0 Å². The first-order valence-electron chi connectivity index (χ1n) is 7.48. The van der Waals surface area contributed by atoms with Gasteiger partial charge < -0.3 is 16.0 Å². The quantitative estimate of drug-likeness (QED) is 0.223. The molecule has 4 nitrogen and oxygen atoms in total. The minimum atomic E-state index is -1.79. The van der Waals surface area contributed by atoms with Gasteiger partial charge in [-0.05, 0) is 52.5 Å². The molecule has 0 aliphatic carbocycles. The van der Waals surface area contributed by atoms with Crippen molar-refractivity contribution in [1.29, 1.82) is 0 Å². The first kappa shape index (κ1) is 21.5. The van der Waals surface area contributed by atoms with Gasteiger partial charge in [0.1, 0.15) is 6.17 Å². The summed E-state index contributed by atoms with van der Waals surface area (Å²) in [4.78, 5) is 12.3. The Morgan fingerprint density at radius 3 is 2.27 bits per heavy atom. The standard InChI is InChI=1S/C17H15Cl3IN3OS/c18-17(19,20)15(23-14(25)10-11-6-2-1-3-7-11)24-16(26)22-13-9-5-4-8-12(13)21/h1-9,15H,10H2,(H,23,25)(H2,22,24,26). The molecule has 0 spiro atoms. The minimum Gasteiger partial charge on any atom is -0.339 e. The van der Waals surface area contributed by atoms with Crippen LogP contribution >= 0.6 is 69.6 Å². The Balaban J connectivity index is 2.00. The maximum absolute atomic E-state index is 12.3. The lowest BCUT2D eigenvalue weighted by molar-refractivity contribution is -0.121. The van der Waals surface area contributed by atoms with E-state index in [9.17, 15) is 4.79 Å². The van der Waals surface area contributed by atoms with Crippen molar-refractivity contribution in [3.8, 4) is 0 Å². The second kappa shape index (κ2) is 9.94. The van der Waals surface area contributed by atoms with Gasteiger partial charge in [0.25, 0.3) is 0 Å². The van der Waals surface area contributed by atoms with Crippen LogP contribution in [-0.2, 0) is 11.2 Å². The summed E-state index contributed by atoms with van der Waals surface area (Å²) in [6.07, 6.45) is -0.832. The number of alkyl halides is 3. The predicted octanol–water partition coefficient (Wildman–Crippen LogP) is 4.63. The number of para-hydroxylation sites is 1. The van der Waals surface area contributed by atoms with E-state index in [-0.39, 0.29) is 17.4 Å². The molecule has 3 N–H and O–H groups in total. The molecule has 1 atom stereocenters. The monoisotopic (exact) mass is 541 g/mol. The molecule has 1 amide bonds. The van der Waals surface area contributed by atoms with Gasteiger partial charge in [0.15, 0.2) is 5.11 Å². The number of nitrogens with one attached hydrogen (secondary N) is 3. The van der Waals surface area contributed by atoms with Crippen molar-refractivity contribution in [3.63, 3.8) is 0 Å². The molecule has 0 saturated carbocycles. The van der Waals surface area contributed by atoms with Crippen molar-refractivity contribution >= 4 is 86.3 Å². The summed E-state index contributed by atoms with van der Waals surface area (Å²) >= 11 is 25.4. The zero-order chi connectivity index (χ0) is 19.2. The van der Waals surface area contributed by atoms with Crippen LogP contribution in [0.3, 0.4) is 0 Å². The van der Waals surface area contributed by atoms with E-state index in [0.717, 1.165) is 14.8 Å². The third-order valence-electron chi connectivity index (χ3n) is 3.24. The van der Waals surface area contributed by atoms with E-state index in [1.807, 2.05) is 54.6 Å². The number of anilines is 1. The van der Waals surface area contributed by atoms with Gasteiger partial charge in [0.2, 0.25) is 9.70 Å². The van der Waals surface area contributed by atoms with E-state index in [2.05, 4.69) is 38.5 Å². The third kappa shape index (κ3) is 7.08. The molecule has 1 unspecified atom stereocenters. The molecular weight excluding hydrogens is 528 g/mol. The number of benzene rings is 2. The van der Waals surface area contributed by atoms with Crippen molar-refractivity contribution < 1.29 is 4.79 Å². The molecule has 26 heavy (non-hydrogen) atoms. The predicted molar refractivity (Wildman–Crippen MR) is 121 cm³/mol. The largest absolute Gasteiger partial charge is 0.339 e. The second-order valence-electron chi connectivity index (χ2n) is 5.28. The van der Waals surface area contributed by atoms with E-state index < -0.39 is 9.96 Å². The summed E-state index contributed by atoms with van der Waals surface area (Å²) in [6, 6.07) is 16.9. The van der Waals surface area contributed by atoms with Gasteiger partial charge in [-0.15, -0.1) is 0 Å². The Kier molecular flexibility index (Phi) is 8.22. The number of thiocarbonyl (C=S) groups is 1. The lowest BCUT2D eigenvalue weighted by Crippen LogP contribution is -2.56. The Morgan fingerprint density at radius 1 is 1.04 bits per heavy atom. The zero-order valence-electron chi connectivity index (χ0n) is 13.3. The van der Waals surface area contributed by atoms with E-state index in [1.165, 1.54) is 0 Å². The highest BCUT2D eigenvalue weighted by Crippen LogP contribution is 2.29. The van der Waals surface area contributed by atoms with Crippen LogP contribution in [0.25, 0.3) is 0 Å². The Hall–Kier alpha value is -0.800. The van der Waals surface area contributed by atoms with Gasteiger partial charge >= 0.3 is 0 Å². The number of carbonyl (C=O) groups is 1. The summed E-state index contributed by atoms with van der Waals surface area (Å²) in [7, 11) is 0. The Labute approximate surface area is 186 Å². The summed E-state index contributed by atoms with van der Waals surface area (Å²) < 4.78 is -0.810. The van der Waals surface area contributed by atoms with Crippen molar-refractivity contribution in [1.82, 2.24) is 10.6 Å². The maximum Gasteiger partial charge on any atom is 0.228 e. The van der Waals surface area contributed by atoms with Gasteiger partial charge in [-0.2, -0.15) is 0 Å². The molecule has 0 heterocycles. The first-order chi connectivity index (χ1) is 12.3. The average molecular weight is 543 g/mol. The van der Waals surface area contributed by atoms with Crippen LogP contribution in [0.4, 0.5) is 5.69 Å². The number of carbonyl (C=O) groups excluding carboxylic acids is 1. The lowest BCUT2D eigenvalue weighted by Gasteiger charge is -2.28. The second-order valence-corrected chi connectivity index (χ2v) is 9.22. The molecule has 0 aromatic heterocycles. The van der Waals surface area contributed by atoms with Gasteiger partial charge in [-0.25, -0.2) is 0 Å². The highest BCUT2D eigenvalue weighted by Gasteiger charge is 2.34. The van der Waals surface area contributed by atoms with Crippen LogP contribution in [0.15, 0.2) is 54.6 Å². The summed E-state index contributed by atoms with van der Waals surface area (Å²) in [5.41, 5.74) is 1.66. The molecule has 0 aliphatic rings. The highest BCUT2D eigenvalue weighted by atomic mass is 127. The van der Waals surface area contributed by atoms with Crippen molar-refractivity contribution in [2.45, 2.75) is 16.4 Å². The van der Waals surface area contributed by atoms with E-state index in [0.29, 0.717) is 0 Å². The number of hydrogen-bond acceptors (Lipinski definition) is 2. The van der Waals surface area contributed by atoms with Crippen molar-refractivity contribution in [2.24, 2.45) is 0 Å². The van der Waals surface area contributed by atoms with Crippen molar-refractivity contribution in [2.75, 3.05) is 5.32 Å². The van der Waals surface area contributed by atoms with E-state index in [4.69, 9.17) is 47.0 Å². The molecular formula is C17H15Cl3IN3OS. The highest BCUT2D eigenvalue weighted by molar-refractivity contribution is 14.1. The minimum absolute atomic E-state index is 0.163. The number of hydrogen-bond donors (Lipinski definition) is 3. The van der Waals surface area contributed by atoms with Gasteiger partial charge in [0.05, 0.1) is 12.1 Å². The van der Waals surface area contributed by atoms with Crippen LogP contribution in [0, 0.1) is 3.57 Å². The fourth-order valence-electron chi connectivity index (χ4n) is 2.05. The molecule has 9 heteroatoms. The summed E-state index contributed by atoms with van der Waals surface area (Å²) in [5.74, 6) is -0.294. The van der Waals surface area contributed by atoms with Crippen molar-refractivity contribution in [3.05, 3.63) is 63.7 Å². The van der Waals surface area contributed by atoms with Gasteiger partial charge in [-0.1, -0.05) is 77.3 Å². The normalized spacial score (nSPS) is 12.2. The smallest absolute Gasteiger partial charge is 0.228 e. The number of amides is 1. The molecule has 0 fully saturated rings. The molecule has 2 aromatic carbocycles. The van der Waals surface area contributed by atoms with E-state index >= 15 is 0 Å². The van der Waals surface area contributed by atoms with Gasteiger partial charge in [-0.3, -0.25) is 4.79 Å². The molecule has 0 aliphatic heterocycles. The zero-order valence-corrected chi connectivity index (χ0v) is 18.6. The average Bonchev–Trinajstić information content (AvgIpc) is 2.56. The molecule has 0 saturated heterocycles. The SMILES string of the molecule is O=C(Cc1ccccc1)NC(NC(=S)Nc1ccccc1I)C(Cl)(Cl)Cl. The van der Waals surface area contributed by atoms with Crippen LogP contribution < -0.4 is 16.0 Å². The van der Waals surface area contributed by atoms with Gasteiger partial charge in [0, 0.05) is 3.57 Å². The molecule has 2 rings (SSSR count). The molecule has 0 radical (unpaired) electrons. The molecule has 0 bridgehead atoms. The third-order valence-corrected chi connectivity index (χ3v) is 5.05. The number of halogens is 4. The maximum atomic E-state index is 12.3. The summed E-state index contributed by atoms with van der Waals surface area (Å²) in [5, 5.41) is 8.75. The Bertz CT molecular complexity index is 771.